The second-order valence-corrected chi connectivity index (χ2v) is 5.66. The van der Waals surface area contributed by atoms with Crippen molar-refractivity contribution in [3.05, 3.63) is 61.9 Å². The summed E-state index contributed by atoms with van der Waals surface area (Å²) in [6, 6.07) is 11.4. The van der Waals surface area contributed by atoms with E-state index in [2.05, 4.69) is 43.8 Å². The molecule has 0 bridgehead atoms. The first kappa shape index (κ1) is 13.5. The number of hydrogen-bond donors (Lipinski definition) is 1. The van der Waals surface area contributed by atoms with Gasteiger partial charge in [-0.25, -0.2) is 4.39 Å². The van der Waals surface area contributed by atoms with Crippen LogP contribution in [0.4, 0.5) is 10.1 Å². The van der Waals surface area contributed by atoms with Gasteiger partial charge in [0.25, 0.3) is 5.91 Å². The number of halogens is 3. The Balaban J connectivity index is 2.24. The smallest absolute Gasteiger partial charge is 0.258 e. The van der Waals surface area contributed by atoms with Gasteiger partial charge in [0.1, 0.15) is 5.82 Å². The molecule has 92 valence electrons. The minimum atomic E-state index is -0.531. The maximum Gasteiger partial charge on any atom is 0.258 e. The average Bonchev–Trinajstić information content (AvgIpc) is 2.33. The fourth-order valence-electron chi connectivity index (χ4n) is 1.43. The molecule has 0 atom stereocenters. The molecule has 1 amide bonds. The molecule has 1 N–H and O–H groups in total. The summed E-state index contributed by atoms with van der Waals surface area (Å²) >= 11 is 5.52. The van der Waals surface area contributed by atoms with Crippen molar-refractivity contribution in [1.29, 1.82) is 0 Å². The van der Waals surface area contributed by atoms with E-state index in [-0.39, 0.29) is 5.56 Å². The molecule has 0 unspecified atom stereocenters. The lowest BCUT2D eigenvalue weighted by Gasteiger charge is -2.08. The fourth-order valence-corrected chi connectivity index (χ4v) is 2.82. The van der Waals surface area contributed by atoms with Gasteiger partial charge in [0.2, 0.25) is 0 Å². The van der Waals surface area contributed by atoms with Gasteiger partial charge in [-0.3, -0.25) is 4.79 Å². The first-order valence-corrected chi connectivity index (χ1v) is 6.96. The largest absolute Gasteiger partial charge is 0.321 e. The van der Waals surface area contributed by atoms with Crippen LogP contribution >= 0.6 is 38.5 Å². The minimum absolute atomic E-state index is 0.0305. The lowest BCUT2D eigenvalue weighted by molar-refractivity contribution is 0.102. The van der Waals surface area contributed by atoms with Crippen LogP contribution in [0, 0.1) is 9.39 Å². The topological polar surface area (TPSA) is 29.1 Å². The van der Waals surface area contributed by atoms with E-state index in [0.29, 0.717) is 5.69 Å². The Kier molecular flexibility index (Phi) is 4.34. The van der Waals surface area contributed by atoms with Gasteiger partial charge < -0.3 is 5.32 Å². The molecule has 0 spiro atoms. The zero-order valence-corrected chi connectivity index (χ0v) is 12.8. The van der Waals surface area contributed by atoms with Crippen LogP contribution in [0.15, 0.2) is 46.9 Å². The van der Waals surface area contributed by atoms with Crippen molar-refractivity contribution in [3.8, 4) is 0 Å². The molecule has 0 aliphatic heterocycles. The van der Waals surface area contributed by atoms with E-state index < -0.39 is 11.7 Å². The minimum Gasteiger partial charge on any atom is -0.321 e. The van der Waals surface area contributed by atoms with Gasteiger partial charge in [0, 0.05) is 8.04 Å². The summed E-state index contributed by atoms with van der Waals surface area (Å²) in [6.07, 6.45) is 0. The predicted molar refractivity (Wildman–Crippen MR) is 81.2 cm³/mol. The van der Waals surface area contributed by atoms with E-state index in [4.69, 9.17) is 0 Å². The van der Waals surface area contributed by atoms with Gasteiger partial charge in [0.05, 0.1) is 11.3 Å². The maximum absolute atomic E-state index is 13.4. The lowest BCUT2D eigenvalue weighted by Crippen LogP contribution is -2.14. The molecular weight excluding hydrogens is 412 g/mol. The van der Waals surface area contributed by atoms with Crippen molar-refractivity contribution < 1.29 is 9.18 Å². The SMILES string of the molecule is O=C(Nc1ccc(I)cc1Br)c1ccccc1F. The van der Waals surface area contributed by atoms with Crippen LogP contribution in [0.5, 0.6) is 0 Å². The zero-order chi connectivity index (χ0) is 13.1. The fraction of sp³-hybridized carbons (Fsp3) is 0. The Morgan fingerprint density at radius 3 is 2.61 bits per heavy atom. The van der Waals surface area contributed by atoms with Gasteiger partial charge in [-0.1, -0.05) is 12.1 Å². The molecule has 0 saturated carbocycles. The van der Waals surface area contributed by atoms with E-state index in [1.807, 2.05) is 12.1 Å². The number of benzene rings is 2. The summed E-state index contributed by atoms with van der Waals surface area (Å²) in [4.78, 5) is 11.9. The molecule has 2 rings (SSSR count). The summed E-state index contributed by atoms with van der Waals surface area (Å²) in [6.45, 7) is 0. The van der Waals surface area contributed by atoms with Crippen molar-refractivity contribution in [1.82, 2.24) is 0 Å². The Morgan fingerprint density at radius 2 is 1.94 bits per heavy atom. The standard InChI is InChI=1S/C13H8BrFINO/c14-10-7-8(16)5-6-12(10)17-13(18)9-3-1-2-4-11(9)15/h1-7H,(H,17,18). The molecule has 0 aliphatic rings. The summed E-state index contributed by atoms with van der Waals surface area (Å²) < 4.78 is 15.2. The highest BCUT2D eigenvalue weighted by Gasteiger charge is 2.12. The second-order valence-electron chi connectivity index (χ2n) is 3.56. The van der Waals surface area contributed by atoms with Crippen LogP contribution in [-0.2, 0) is 0 Å². The molecule has 0 heterocycles. The van der Waals surface area contributed by atoms with Crippen molar-refractivity contribution in [2.75, 3.05) is 5.32 Å². The Labute approximate surface area is 126 Å². The molecule has 18 heavy (non-hydrogen) atoms. The first-order chi connectivity index (χ1) is 8.58. The average molecular weight is 420 g/mol. The number of carbonyl (C=O) groups is 1. The molecule has 2 aromatic rings. The molecule has 0 saturated heterocycles. The number of rotatable bonds is 2. The monoisotopic (exact) mass is 419 g/mol. The van der Waals surface area contributed by atoms with E-state index in [0.717, 1.165) is 8.04 Å². The molecule has 5 heteroatoms. The van der Waals surface area contributed by atoms with Crippen LogP contribution in [0.3, 0.4) is 0 Å². The van der Waals surface area contributed by atoms with E-state index >= 15 is 0 Å². The maximum atomic E-state index is 13.4. The van der Waals surface area contributed by atoms with Crippen LogP contribution in [-0.4, -0.2) is 5.91 Å². The number of hydrogen-bond acceptors (Lipinski definition) is 1. The van der Waals surface area contributed by atoms with Crippen molar-refractivity contribution in [3.63, 3.8) is 0 Å². The number of carbonyl (C=O) groups excluding carboxylic acids is 1. The van der Waals surface area contributed by atoms with Crippen LogP contribution < -0.4 is 5.32 Å². The number of amides is 1. The van der Waals surface area contributed by atoms with E-state index in [1.165, 1.54) is 12.1 Å². The summed E-state index contributed by atoms with van der Waals surface area (Å²) in [5, 5.41) is 2.67. The van der Waals surface area contributed by atoms with Crippen molar-refractivity contribution >= 4 is 50.1 Å². The van der Waals surface area contributed by atoms with Crippen LogP contribution in [0.2, 0.25) is 0 Å². The third-order valence-corrected chi connectivity index (χ3v) is 3.62. The van der Waals surface area contributed by atoms with Crippen molar-refractivity contribution in [2.24, 2.45) is 0 Å². The highest BCUT2D eigenvalue weighted by Crippen LogP contribution is 2.25. The Morgan fingerprint density at radius 1 is 1.22 bits per heavy atom. The molecule has 2 nitrogen and oxygen atoms in total. The first-order valence-electron chi connectivity index (χ1n) is 5.09. The van der Waals surface area contributed by atoms with E-state index in [1.54, 1.807) is 18.2 Å². The zero-order valence-electron chi connectivity index (χ0n) is 9.08. The van der Waals surface area contributed by atoms with Gasteiger partial charge in [-0.15, -0.1) is 0 Å². The summed E-state index contributed by atoms with van der Waals surface area (Å²) in [5.41, 5.74) is 0.645. The van der Waals surface area contributed by atoms with Crippen LogP contribution in [0.25, 0.3) is 0 Å². The quantitative estimate of drug-likeness (QED) is 0.716. The van der Waals surface area contributed by atoms with Crippen LogP contribution in [0.1, 0.15) is 10.4 Å². The molecule has 0 fully saturated rings. The van der Waals surface area contributed by atoms with Gasteiger partial charge in [-0.05, 0) is 68.9 Å². The molecule has 2 aromatic carbocycles. The lowest BCUT2D eigenvalue weighted by atomic mass is 10.2. The molecule has 0 aliphatic carbocycles. The summed E-state index contributed by atoms with van der Waals surface area (Å²) in [7, 11) is 0. The van der Waals surface area contributed by atoms with Gasteiger partial charge in [-0.2, -0.15) is 0 Å². The number of nitrogens with one attached hydrogen (secondary N) is 1. The van der Waals surface area contributed by atoms with Gasteiger partial charge >= 0.3 is 0 Å². The molecular formula is C13H8BrFINO. The van der Waals surface area contributed by atoms with Gasteiger partial charge in [0.15, 0.2) is 0 Å². The third kappa shape index (κ3) is 3.08. The Hall–Kier alpha value is -0.950. The third-order valence-electron chi connectivity index (χ3n) is 2.30. The highest BCUT2D eigenvalue weighted by atomic mass is 127. The number of anilines is 1. The normalized spacial score (nSPS) is 10.2. The van der Waals surface area contributed by atoms with Crippen molar-refractivity contribution in [2.45, 2.75) is 0 Å². The van der Waals surface area contributed by atoms with E-state index in [9.17, 15) is 9.18 Å². The molecule has 0 aromatic heterocycles. The second kappa shape index (κ2) is 5.79. The molecule has 0 radical (unpaired) electrons. The predicted octanol–water partition coefficient (Wildman–Crippen LogP) is 4.45. The Bertz CT molecular complexity index is 603. The highest BCUT2D eigenvalue weighted by molar-refractivity contribution is 14.1. The summed E-state index contributed by atoms with van der Waals surface area (Å²) in [5.74, 6) is -0.994.